The van der Waals surface area contributed by atoms with Crippen molar-refractivity contribution in [1.82, 2.24) is 10.6 Å². The highest BCUT2D eigenvalue weighted by Gasteiger charge is 2.23. The fourth-order valence-corrected chi connectivity index (χ4v) is 3.74. The Morgan fingerprint density at radius 1 is 0.938 bits per heavy atom. The minimum Gasteiger partial charge on any atom is -0.354 e. The number of rotatable bonds is 4. The van der Waals surface area contributed by atoms with E-state index in [0.717, 1.165) is 37.1 Å². The highest BCUT2D eigenvalue weighted by atomic mass is 35.5. The lowest BCUT2D eigenvalue weighted by Gasteiger charge is -2.30. The summed E-state index contributed by atoms with van der Waals surface area (Å²) < 4.78 is 40.4. The van der Waals surface area contributed by atoms with Crippen LogP contribution in [0.15, 0.2) is 41.4 Å². The molecule has 170 valence electrons. The zero-order valence-corrected chi connectivity index (χ0v) is 18.0. The van der Waals surface area contributed by atoms with Crippen LogP contribution in [-0.4, -0.2) is 29.9 Å². The second kappa shape index (κ2) is 10.5. The SMILES string of the molecule is CC(=O)N[C@H]1CC[C@H](N/C(=N\C(=O)c2ccc(F)c(F)c2)Nc2cc(F)cc(Cl)c2)CC1. The minimum atomic E-state index is -1.17. The van der Waals surface area contributed by atoms with Gasteiger partial charge in [0.25, 0.3) is 5.91 Å². The van der Waals surface area contributed by atoms with Gasteiger partial charge in [-0.3, -0.25) is 9.59 Å². The Balaban J connectivity index is 1.79. The van der Waals surface area contributed by atoms with E-state index in [4.69, 9.17) is 11.6 Å². The predicted molar refractivity (Wildman–Crippen MR) is 116 cm³/mol. The van der Waals surface area contributed by atoms with Gasteiger partial charge in [-0.1, -0.05) is 11.6 Å². The predicted octanol–water partition coefficient (Wildman–Crippen LogP) is 4.40. The molecule has 3 rings (SSSR count). The van der Waals surface area contributed by atoms with Gasteiger partial charge in [0.05, 0.1) is 0 Å². The number of carbonyl (C=O) groups is 2. The summed E-state index contributed by atoms with van der Waals surface area (Å²) in [7, 11) is 0. The molecule has 2 amide bonds. The van der Waals surface area contributed by atoms with Crippen LogP contribution >= 0.6 is 11.6 Å². The molecule has 6 nitrogen and oxygen atoms in total. The van der Waals surface area contributed by atoms with Crippen molar-refractivity contribution in [3.05, 3.63) is 64.4 Å². The van der Waals surface area contributed by atoms with Gasteiger partial charge in [0.2, 0.25) is 11.9 Å². The van der Waals surface area contributed by atoms with Crippen molar-refractivity contribution in [1.29, 1.82) is 0 Å². The number of hydrogen-bond donors (Lipinski definition) is 3. The second-order valence-electron chi connectivity index (χ2n) is 7.57. The summed E-state index contributed by atoms with van der Waals surface area (Å²) in [5, 5.41) is 8.98. The molecule has 0 aliphatic heterocycles. The Kier molecular flexibility index (Phi) is 7.74. The van der Waals surface area contributed by atoms with Crippen LogP contribution in [0.4, 0.5) is 18.9 Å². The van der Waals surface area contributed by atoms with Gasteiger partial charge in [0.15, 0.2) is 11.6 Å². The maximum Gasteiger partial charge on any atom is 0.280 e. The maximum absolute atomic E-state index is 13.7. The number of nitrogens with one attached hydrogen (secondary N) is 3. The van der Waals surface area contributed by atoms with E-state index >= 15 is 0 Å². The van der Waals surface area contributed by atoms with Gasteiger partial charge in [-0.15, -0.1) is 0 Å². The number of carbonyl (C=O) groups excluding carboxylic acids is 2. The van der Waals surface area contributed by atoms with Crippen molar-refractivity contribution in [3.63, 3.8) is 0 Å². The lowest BCUT2D eigenvalue weighted by Crippen LogP contribution is -2.45. The fraction of sp³-hybridized carbons (Fsp3) is 0.318. The van der Waals surface area contributed by atoms with Gasteiger partial charge in [-0.05, 0) is 62.1 Å². The van der Waals surface area contributed by atoms with Crippen molar-refractivity contribution in [2.75, 3.05) is 5.32 Å². The number of aliphatic imine (C=N–C) groups is 1. The van der Waals surface area contributed by atoms with Gasteiger partial charge in [-0.25, -0.2) is 13.2 Å². The monoisotopic (exact) mass is 466 g/mol. The third-order valence-corrected chi connectivity index (χ3v) is 5.20. The standard InChI is InChI=1S/C22H22ClF3N4O2/c1-12(31)27-16-3-5-17(6-4-16)28-22(29-18-10-14(23)9-15(24)11-18)30-21(32)13-2-7-19(25)20(26)8-13/h2,7-11,16-17H,3-6H2,1H3,(H,27,31)(H2,28,29,30,32)/t16-,17-. The lowest BCUT2D eigenvalue weighted by molar-refractivity contribution is -0.119. The number of benzene rings is 2. The third-order valence-electron chi connectivity index (χ3n) is 4.98. The van der Waals surface area contributed by atoms with E-state index < -0.39 is 23.4 Å². The molecule has 0 unspecified atom stereocenters. The van der Waals surface area contributed by atoms with E-state index in [1.807, 2.05) is 0 Å². The molecule has 0 heterocycles. The third kappa shape index (κ3) is 6.71. The normalized spacial score (nSPS) is 18.7. The quantitative estimate of drug-likeness (QED) is 0.460. The van der Waals surface area contributed by atoms with Crippen molar-refractivity contribution in [3.8, 4) is 0 Å². The average molecular weight is 467 g/mol. The average Bonchev–Trinajstić information content (AvgIpc) is 2.70. The summed E-state index contributed by atoms with van der Waals surface area (Å²) >= 11 is 5.90. The lowest BCUT2D eigenvalue weighted by atomic mass is 9.91. The molecule has 32 heavy (non-hydrogen) atoms. The number of nitrogens with zero attached hydrogens (tertiary/aromatic N) is 1. The maximum atomic E-state index is 13.7. The summed E-state index contributed by atoms with van der Waals surface area (Å²) in [6.07, 6.45) is 2.84. The Hall–Kier alpha value is -3.07. The van der Waals surface area contributed by atoms with Crippen LogP contribution in [0.2, 0.25) is 5.02 Å². The van der Waals surface area contributed by atoms with Crippen LogP contribution in [0, 0.1) is 17.5 Å². The zero-order chi connectivity index (χ0) is 23.3. The van der Waals surface area contributed by atoms with Crippen LogP contribution < -0.4 is 16.0 Å². The molecule has 0 atom stereocenters. The number of amides is 2. The molecule has 3 N–H and O–H groups in total. The molecule has 1 saturated carbocycles. The molecular weight excluding hydrogens is 445 g/mol. The van der Waals surface area contributed by atoms with Crippen molar-refractivity contribution in [2.24, 2.45) is 4.99 Å². The van der Waals surface area contributed by atoms with Gasteiger partial charge in [0, 0.05) is 35.3 Å². The summed E-state index contributed by atoms with van der Waals surface area (Å²) in [6.45, 7) is 1.47. The van der Waals surface area contributed by atoms with E-state index in [0.29, 0.717) is 12.8 Å². The first-order valence-electron chi connectivity index (χ1n) is 10.0. The Morgan fingerprint density at radius 2 is 1.59 bits per heavy atom. The number of anilines is 1. The first-order chi connectivity index (χ1) is 15.2. The van der Waals surface area contributed by atoms with Gasteiger partial charge in [-0.2, -0.15) is 4.99 Å². The van der Waals surface area contributed by atoms with Crippen LogP contribution in [0.1, 0.15) is 43.0 Å². The minimum absolute atomic E-state index is 0.0179. The van der Waals surface area contributed by atoms with E-state index in [2.05, 4.69) is 20.9 Å². The Labute approximate surface area is 188 Å². The molecule has 0 aromatic heterocycles. The molecule has 1 aliphatic carbocycles. The molecule has 2 aromatic rings. The number of halogens is 4. The van der Waals surface area contributed by atoms with Crippen molar-refractivity contribution in [2.45, 2.75) is 44.7 Å². The van der Waals surface area contributed by atoms with E-state index in [1.54, 1.807) is 0 Å². The van der Waals surface area contributed by atoms with Crippen LogP contribution in [-0.2, 0) is 4.79 Å². The van der Waals surface area contributed by atoms with Gasteiger partial charge >= 0.3 is 0 Å². The fourth-order valence-electron chi connectivity index (χ4n) is 3.52. The van der Waals surface area contributed by atoms with E-state index in [9.17, 15) is 22.8 Å². The second-order valence-corrected chi connectivity index (χ2v) is 8.01. The molecule has 0 bridgehead atoms. The largest absolute Gasteiger partial charge is 0.354 e. The summed E-state index contributed by atoms with van der Waals surface area (Å²) in [5.74, 6) is -3.71. The Morgan fingerprint density at radius 3 is 2.19 bits per heavy atom. The number of hydrogen-bond acceptors (Lipinski definition) is 2. The molecular formula is C22H22ClF3N4O2. The molecule has 2 aromatic carbocycles. The molecule has 10 heteroatoms. The molecule has 0 radical (unpaired) electrons. The zero-order valence-electron chi connectivity index (χ0n) is 17.2. The summed E-state index contributed by atoms with van der Waals surface area (Å²) in [4.78, 5) is 27.8. The van der Waals surface area contributed by atoms with Crippen molar-refractivity contribution >= 4 is 35.1 Å². The highest BCUT2D eigenvalue weighted by molar-refractivity contribution is 6.31. The van der Waals surface area contributed by atoms with E-state index in [1.165, 1.54) is 19.1 Å². The molecule has 0 spiro atoms. The van der Waals surface area contributed by atoms with Crippen LogP contribution in [0.3, 0.4) is 0 Å². The molecule has 1 aliphatic rings. The van der Waals surface area contributed by atoms with Gasteiger partial charge in [0.1, 0.15) is 5.82 Å². The smallest absolute Gasteiger partial charge is 0.280 e. The topological polar surface area (TPSA) is 82.6 Å². The summed E-state index contributed by atoms with van der Waals surface area (Å²) in [6, 6.07) is 6.49. The summed E-state index contributed by atoms with van der Waals surface area (Å²) in [5.41, 5.74) is 0.114. The molecule has 1 fully saturated rings. The number of guanidine groups is 1. The van der Waals surface area contributed by atoms with E-state index in [-0.39, 0.29) is 40.2 Å². The van der Waals surface area contributed by atoms with Crippen LogP contribution in [0.25, 0.3) is 0 Å². The first-order valence-corrected chi connectivity index (χ1v) is 10.4. The van der Waals surface area contributed by atoms with Crippen LogP contribution in [0.5, 0.6) is 0 Å². The first kappa shape index (κ1) is 23.6. The molecule has 0 saturated heterocycles. The Bertz CT molecular complexity index is 1020. The van der Waals surface area contributed by atoms with Crippen molar-refractivity contribution < 1.29 is 22.8 Å². The highest BCUT2D eigenvalue weighted by Crippen LogP contribution is 2.21. The van der Waals surface area contributed by atoms with Gasteiger partial charge < -0.3 is 16.0 Å².